The molecule has 3 heteroatoms. The van der Waals surface area contributed by atoms with Crippen molar-refractivity contribution in [1.82, 2.24) is 9.55 Å². The molecule has 0 aliphatic heterocycles. The Morgan fingerprint density at radius 3 is 1.61 bits per heavy atom. The van der Waals surface area contributed by atoms with Crippen LogP contribution in [0.25, 0.3) is 0 Å². The van der Waals surface area contributed by atoms with Gasteiger partial charge in [0.15, 0.2) is 0 Å². The summed E-state index contributed by atoms with van der Waals surface area (Å²) in [7, 11) is 0. The predicted molar refractivity (Wildman–Crippen MR) is 111 cm³/mol. The zero-order chi connectivity index (χ0) is 19.4. The fourth-order valence-electron chi connectivity index (χ4n) is 4.00. The highest BCUT2D eigenvalue weighted by molar-refractivity contribution is 5.51. The second kappa shape index (κ2) is 7.54. The molecule has 0 aliphatic rings. The number of nitrogens with zero attached hydrogens (tertiary/aromatic N) is 3. The minimum atomic E-state index is -0.614. The molecule has 0 saturated carbocycles. The number of aromatic nitrogens is 2. The van der Waals surface area contributed by atoms with Gasteiger partial charge in [-0.05, 0) is 23.6 Å². The van der Waals surface area contributed by atoms with Crippen molar-refractivity contribution in [3.63, 3.8) is 0 Å². The third-order valence-corrected chi connectivity index (χ3v) is 5.26. The number of hydrogen-bond donors (Lipinski definition) is 0. The van der Waals surface area contributed by atoms with Gasteiger partial charge in [0.1, 0.15) is 5.54 Å². The molecule has 0 atom stereocenters. The summed E-state index contributed by atoms with van der Waals surface area (Å²) in [5.41, 5.74) is 4.58. The van der Waals surface area contributed by atoms with Gasteiger partial charge in [0, 0.05) is 0 Å². The smallest absolute Gasteiger partial charge is 0.121 e. The summed E-state index contributed by atoms with van der Waals surface area (Å²) in [6.45, 7) is 1.97. The van der Waals surface area contributed by atoms with E-state index in [0.29, 0.717) is 6.42 Å². The maximum absolute atomic E-state index is 9.47. The summed E-state index contributed by atoms with van der Waals surface area (Å²) in [5.74, 6) is 0. The first-order chi connectivity index (χ1) is 13.8. The fraction of sp³-hybridized carbons (Fsp3) is 0.120. The number of benzene rings is 3. The Morgan fingerprint density at radius 1 is 0.786 bits per heavy atom. The first kappa shape index (κ1) is 17.8. The highest BCUT2D eigenvalue weighted by Crippen LogP contribution is 2.41. The van der Waals surface area contributed by atoms with Crippen molar-refractivity contribution in [2.75, 3.05) is 0 Å². The molecular weight excluding hydrogens is 342 g/mol. The fourth-order valence-corrected chi connectivity index (χ4v) is 4.00. The molecule has 0 aliphatic carbocycles. The molecule has 1 heterocycles. The summed E-state index contributed by atoms with van der Waals surface area (Å²) in [6.07, 6.45) is 2.18. The molecule has 28 heavy (non-hydrogen) atoms. The zero-order valence-corrected chi connectivity index (χ0v) is 15.8. The molecule has 0 unspecified atom stereocenters. The lowest BCUT2D eigenvalue weighted by molar-refractivity contribution is 0.500. The van der Waals surface area contributed by atoms with Gasteiger partial charge in [0.2, 0.25) is 0 Å². The second-order valence-corrected chi connectivity index (χ2v) is 6.79. The number of nitriles is 1. The molecule has 3 nitrogen and oxygen atoms in total. The van der Waals surface area contributed by atoms with Crippen LogP contribution in [0.4, 0.5) is 0 Å². The molecule has 1 aromatic heterocycles. The van der Waals surface area contributed by atoms with Crippen LogP contribution in [0.3, 0.4) is 0 Å². The van der Waals surface area contributed by atoms with E-state index in [1.807, 2.05) is 31.5 Å². The van der Waals surface area contributed by atoms with E-state index < -0.39 is 5.54 Å². The highest BCUT2D eigenvalue weighted by atomic mass is 15.1. The van der Waals surface area contributed by atoms with Crippen LogP contribution in [0.5, 0.6) is 0 Å². The quantitative estimate of drug-likeness (QED) is 0.463. The molecule has 0 spiro atoms. The molecule has 0 N–H and O–H groups in total. The number of rotatable bonds is 5. The second-order valence-electron chi connectivity index (χ2n) is 6.79. The molecule has 136 valence electrons. The molecule has 0 radical (unpaired) electrons. The topological polar surface area (TPSA) is 41.6 Å². The summed E-state index contributed by atoms with van der Waals surface area (Å²) in [4.78, 5) is 4.59. The van der Waals surface area contributed by atoms with E-state index in [4.69, 9.17) is 0 Å². The van der Waals surface area contributed by atoms with Crippen LogP contribution < -0.4 is 0 Å². The maximum atomic E-state index is 9.47. The van der Waals surface area contributed by atoms with E-state index in [9.17, 15) is 5.26 Å². The Bertz CT molecular complexity index is 994. The Kier molecular flexibility index (Phi) is 4.78. The van der Waals surface area contributed by atoms with Gasteiger partial charge in [-0.15, -0.1) is 0 Å². The van der Waals surface area contributed by atoms with Gasteiger partial charge in [-0.1, -0.05) is 91.0 Å². The van der Waals surface area contributed by atoms with Crippen LogP contribution in [-0.2, 0) is 12.0 Å². The van der Waals surface area contributed by atoms with Gasteiger partial charge in [-0.25, -0.2) is 4.98 Å². The summed E-state index contributed by atoms with van der Waals surface area (Å²) >= 11 is 0. The van der Waals surface area contributed by atoms with Gasteiger partial charge in [-0.2, -0.15) is 5.26 Å². The van der Waals surface area contributed by atoms with Gasteiger partial charge < -0.3 is 4.57 Å². The van der Waals surface area contributed by atoms with Gasteiger partial charge in [0.25, 0.3) is 0 Å². The van der Waals surface area contributed by atoms with Crippen molar-refractivity contribution in [1.29, 1.82) is 5.26 Å². The average Bonchev–Trinajstić information content (AvgIpc) is 3.12. The van der Waals surface area contributed by atoms with E-state index in [-0.39, 0.29) is 0 Å². The monoisotopic (exact) mass is 363 g/mol. The van der Waals surface area contributed by atoms with Crippen LogP contribution >= 0.6 is 0 Å². The molecule has 4 aromatic rings. The van der Waals surface area contributed by atoms with Crippen molar-refractivity contribution in [2.45, 2.75) is 18.9 Å². The van der Waals surface area contributed by atoms with Crippen LogP contribution in [0.2, 0.25) is 0 Å². The number of imidazole rings is 1. The minimum absolute atomic E-state index is 0.306. The Balaban J connectivity index is 2.16. The minimum Gasteiger partial charge on any atom is -0.315 e. The Hall–Kier alpha value is -3.64. The number of aryl methyl sites for hydroxylation is 1. The van der Waals surface area contributed by atoms with Crippen LogP contribution in [0.1, 0.15) is 28.1 Å². The van der Waals surface area contributed by atoms with Gasteiger partial charge >= 0.3 is 0 Å². The Morgan fingerprint density at radius 2 is 1.21 bits per heavy atom. The summed E-state index contributed by atoms with van der Waals surface area (Å²) in [6, 6.07) is 33.6. The van der Waals surface area contributed by atoms with E-state index in [1.54, 1.807) is 0 Å². The third kappa shape index (κ3) is 2.80. The maximum Gasteiger partial charge on any atom is 0.121 e. The highest BCUT2D eigenvalue weighted by Gasteiger charge is 2.39. The standard InChI is InChI=1S/C25H21N3/c1-20-24(17-18-26)28(19-27-20)25(21-11-5-2-6-12-21,22-13-7-3-8-14-22)23-15-9-4-10-16-23/h2-16,19H,17H2,1H3. The first-order valence-electron chi connectivity index (χ1n) is 9.35. The summed E-state index contributed by atoms with van der Waals surface area (Å²) in [5, 5.41) is 9.47. The third-order valence-electron chi connectivity index (χ3n) is 5.26. The van der Waals surface area contributed by atoms with E-state index in [1.165, 1.54) is 0 Å². The van der Waals surface area contributed by atoms with Crippen molar-refractivity contribution in [2.24, 2.45) is 0 Å². The lowest BCUT2D eigenvalue weighted by atomic mass is 9.76. The predicted octanol–water partition coefficient (Wildman–Crippen LogP) is 5.10. The normalized spacial score (nSPS) is 11.1. The molecule has 4 rings (SSSR count). The van der Waals surface area contributed by atoms with Gasteiger partial charge in [-0.3, -0.25) is 0 Å². The van der Waals surface area contributed by atoms with Crippen molar-refractivity contribution in [3.8, 4) is 6.07 Å². The largest absolute Gasteiger partial charge is 0.315 e. The van der Waals surface area contributed by atoms with E-state index in [2.05, 4.69) is 88.4 Å². The molecule has 0 fully saturated rings. The molecule has 3 aromatic carbocycles. The summed E-state index contributed by atoms with van der Waals surface area (Å²) < 4.78 is 2.17. The zero-order valence-electron chi connectivity index (χ0n) is 15.8. The van der Waals surface area contributed by atoms with Gasteiger partial charge in [0.05, 0.1) is 30.2 Å². The van der Waals surface area contributed by atoms with Crippen LogP contribution in [-0.4, -0.2) is 9.55 Å². The van der Waals surface area contributed by atoms with Crippen LogP contribution in [0, 0.1) is 18.3 Å². The lowest BCUT2D eigenvalue weighted by Gasteiger charge is -2.38. The molecule has 0 bridgehead atoms. The Labute approximate surface area is 165 Å². The van der Waals surface area contributed by atoms with E-state index in [0.717, 1.165) is 28.1 Å². The van der Waals surface area contributed by atoms with E-state index >= 15 is 0 Å². The SMILES string of the molecule is Cc1ncn(C(c2ccccc2)(c2ccccc2)c2ccccc2)c1CC#N. The number of hydrogen-bond acceptors (Lipinski definition) is 2. The molecule has 0 amide bonds. The van der Waals surface area contributed by atoms with Crippen molar-refractivity contribution in [3.05, 3.63) is 125 Å². The lowest BCUT2D eigenvalue weighted by Crippen LogP contribution is -2.38. The molecule has 0 saturated heterocycles. The first-order valence-corrected chi connectivity index (χ1v) is 9.35. The van der Waals surface area contributed by atoms with Crippen LogP contribution in [0.15, 0.2) is 97.3 Å². The average molecular weight is 363 g/mol. The molecular formula is C25H21N3. The van der Waals surface area contributed by atoms with Crippen molar-refractivity contribution >= 4 is 0 Å². The van der Waals surface area contributed by atoms with Crippen molar-refractivity contribution < 1.29 is 0 Å².